The molecule has 1 aliphatic rings. The summed E-state index contributed by atoms with van der Waals surface area (Å²) < 4.78 is 5.71. The van der Waals surface area contributed by atoms with Gasteiger partial charge < -0.3 is 9.73 Å². The molecule has 1 aromatic rings. The fraction of sp³-hybridized carbons (Fsp3) is 0.692. The highest BCUT2D eigenvalue weighted by molar-refractivity contribution is 5.20. The molecular formula is C13H22N2O. The first-order valence-electron chi connectivity index (χ1n) is 6.24. The molecule has 1 aromatic heterocycles. The van der Waals surface area contributed by atoms with Crippen LogP contribution in [0.4, 0.5) is 0 Å². The Hall–Kier alpha value is -0.800. The van der Waals surface area contributed by atoms with Gasteiger partial charge in [-0.1, -0.05) is 6.42 Å². The lowest BCUT2D eigenvalue weighted by Crippen LogP contribution is -2.29. The number of hydrogen-bond acceptors (Lipinski definition) is 3. The van der Waals surface area contributed by atoms with Gasteiger partial charge in [0.2, 0.25) is 0 Å². The molecule has 1 fully saturated rings. The summed E-state index contributed by atoms with van der Waals surface area (Å²) in [6.07, 6.45) is 4.09. The maximum absolute atomic E-state index is 5.71. The summed E-state index contributed by atoms with van der Waals surface area (Å²) in [6.45, 7) is 6.43. The van der Waals surface area contributed by atoms with E-state index in [1.54, 1.807) is 0 Å². The average molecular weight is 222 g/mol. The number of aryl methyl sites for hydroxylation is 1. The number of likely N-dealkylation sites (tertiary alicyclic amines) is 1. The molecule has 1 saturated heterocycles. The predicted molar refractivity (Wildman–Crippen MR) is 65.3 cm³/mol. The van der Waals surface area contributed by atoms with Crippen molar-refractivity contribution in [3.05, 3.63) is 23.2 Å². The van der Waals surface area contributed by atoms with Crippen LogP contribution in [-0.4, -0.2) is 25.0 Å². The number of nitrogens with zero attached hydrogens (tertiary/aromatic N) is 1. The molecule has 1 N–H and O–H groups in total. The Balaban J connectivity index is 1.96. The van der Waals surface area contributed by atoms with Crippen molar-refractivity contribution in [1.82, 2.24) is 10.2 Å². The third-order valence-corrected chi connectivity index (χ3v) is 3.27. The van der Waals surface area contributed by atoms with E-state index in [0.717, 1.165) is 24.6 Å². The van der Waals surface area contributed by atoms with Gasteiger partial charge in [0.15, 0.2) is 0 Å². The van der Waals surface area contributed by atoms with Crippen LogP contribution in [0, 0.1) is 6.92 Å². The molecular weight excluding hydrogens is 200 g/mol. The molecule has 2 rings (SSSR count). The van der Waals surface area contributed by atoms with Crippen LogP contribution in [0.3, 0.4) is 0 Å². The summed E-state index contributed by atoms with van der Waals surface area (Å²) in [5.41, 5.74) is 1.35. The van der Waals surface area contributed by atoms with Gasteiger partial charge >= 0.3 is 0 Å². The SMILES string of the molecule is CNCc1cc(CN2CCCCC2)c(C)o1. The van der Waals surface area contributed by atoms with Crippen LogP contribution in [0.5, 0.6) is 0 Å². The molecule has 0 aliphatic carbocycles. The highest BCUT2D eigenvalue weighted by atomic mass is 16.3. The summed E-state index contributed by atoms with van der Waals surface area (Å²) in [5, 5.41) is 3.12. The molecule has 16 heavy (non-hydrogen) atoms. The topological polar surface area (TPSA) is 28.4 Å². The molecule has 0 unspecified atom stereocenters. The molecule has 0 saturated carbocycles. The lowest BCUT2D eigenvalue weighted by atomic mass is 10.1. The van der Waals surface area contributed by atoms with Gasteiger partial charge in [0.1, 0.15) is 11.5 Å². The van der Waals surface area contributed by atoms with E-state index in [2.05, 4.69) is 23.2 Å². The van der Waals surface area contributed by atoms with E-state index in [-0.39, 0.29) is 0 Å². The fourth-order valence-corrected chi connectivity index (χ4v) is 2.36. The molecule has 0 atom stereocenters. The quantitative estimate of drug-likeness (QED) is 0.847. The van der Waals surface area contributed by atoms with E-state index in [4.69, 9.17) is 4.42 Å². The van der Waals surface area contributed by atoms with Crippen LogP contribution in [0.1, 0.15) is 36.3 Å². The minimum absolute atomic E-state index is 0.820. The predicted octanol–water partition coefficient (Wildman–Crippen LogP) is 2.29. The lowest BCUT2D eigenvalue weighted by Gasteiger charge is -2.25. The first-order chi connectivity index (χ1) is 7.79. The zero-order valence-corrected chi connectivity index (χ0v) is 10.4. The number of hydrogen-bond donors (Lipinski definition) is 1. The van der Waals surface area contributed by atoms with Gasteiger partial charge in [-0.05, 0) is 46.0 Å². The van der Waals surface area contributed by atoms with Crippen molar-refractivity contribution in [2.75, 3.05) is 20.1 Å². The second-order valence-electron chi connectivity index (χ2n) is 4.66. The van der Waals surface area contributed by atoms with Gasteiger partial charge in [-0.15, -0.1) is 0 Å². The Bertz CT molecular complexity index is 327. The van der Waals surface area contributed by atoms with E-state index in [9.17, 15) is 0 Å². The van der Waals surface area contributed by atoms with Gasteiger partial charge in [0, 0.05) is 12.1 Å². The molecule has 0 radical (unpaired) electrons. The largest absolute Gasteiger partial charge is 0.465 e. The molecule has 2 heterocycles. The van der Waals surface area contributed by atoms with Crippen molar-refractivity contribution in [3.8, 4) is 0 Å². The number of furan rings is 1. The molecule has 0 spiro atoms. The summed E-state index contributed by atoms with van der Waals surface area (Å²) >= 11 is 0. The number of rotatable bonds is 4. The lowest BCUT2D eigenvalue weighted by molar-refractivity contribution is 0.219. The summed E-state index contributed by atoms with van der Waals surface area (Å²) in [7, 11) is 1.95. The summed E-state index contributed by atoms with van der Waals surface area (Å²) in [5.74, 6) is 2.13. The van der Waals surface area contributed by atoms with Crippen LogP contribution >= 0.6 is 0 Å². The molecule has 90 valence electrons. The zero-order chi connectivity index (χ0) is 11.4. The zero-order valence-electron chi connectivity index (χ0n) is 10.4. The highest BCUT2D eigenvalue weighted by Gasteiger charge is 2.14. The van der Waals surface area contributed by atoms with Gasteiger partial charge in [-0.2, -0.15) is 0 Å². The maximum atomic E-state index is 5.71. The van der Waals surface area contributed by atoms with Gasteiger partial charge in [0.25, 0.3) is 0 Å². The van der Waals surface area contributed by atoms with E-state index in [0.29, 0.717) is 0 Å². The van der Waals surface area contributed by atoms with Crippen molar-refractivity contribution in [3.63, 3.8) is 0 Å². The van der Waals surface area contributed by atoms with Crippen molar-refractivity contribution in [1.29, 1.82) is 0 Å². The van der Waals surface area contributed by atoms with Crippen molar-refractivity contribution in [2.45, 2.75) is 39.3 Å². The van der Waals surface area contributed by atoms with E-state index in [1.807, 2.05) is 7.05 Å². The standard InChI is InChI=1S/C13H22N2O/c1-11-12(8-13(16-11)9-14-2)10-15-6-4-3-5-7-15/h8,14H,3-7,9-10H2,1-2H3. The third kappa shape index (κ3) is 2.86. The smallest absolute Gasteiger partial charge is 0.118 e. The third-order valence-electron chi connectivity index (χ3n) is 3.27. The van der Waals surface area contributed by atoms with Crippen LogP contribution < -0.4 is 5.32 Å². The minimum atomic E-state index is 0.820. The summed E-state index contributed by atoms with van der Waals surface area (Å²) in [4.78, 5) is 2.53. The second-order valence-corrected chi connectivity index (χ2v) is 4.66. The van der Waals surface area contributed by atoms with Crippen molar-refractivity contribution < 1.29 is 4.42 Å². The molecule has 1 aliphatic heterocycles. The molecule has 0 aromatic carbocycles. The molecule has 3 heteroatoms. The van der Waals surface area contributed by atoms with E-state index in [1.165, 1.54) is 37.9 Å². The van der Waals surface area contributed by atoms with Crippen LogP contribution in [0.25, 0.3) is 0 Å². The average Bonchev–Trinajstić information content (AvgIpc) is 2.61. The van der Waals surface area contributed by atoms with Gasteiger partial charge in [-0.3, -0.25) is 4.90 Å². The first-order valence-corrected chi connectivity index (χ1v) is 6.24. The Kier molecular flexibility index (Phi) is 4.02. The Labute approximate surface area is 97.8 Å². The van der Waals surface area contributed by atoms with E-state index < -0.39 is 0 Å². The fourth-order valence-electron chi connectivity index (χ4n) is 2.36. The Morgan fingerprint density at radius 2 is 2.06 bits per heavy atom. The van der Waals surface area contributed by atoms with Gasteiger partial charge in [0.05, 0.1) is 6.54 Å². The number of nitrogens with one attached hydrogen (secondary N) is 1. The van der Waals surface area contributed by atoms with Crippen LogP contribution in [-0.2, 0) is 13.1 Å². The van der Waals surface area contributed by atoms with Crippen LogP contribution in [0.2, 0.25) is 0 Å². The second kappa shape index (κ2) is 5.51. The summed E-state index contributed by atoms with van der Waals surface area (Å²) in [6, 6.07) is 2.19. The molecule has 0 bridgehead atoms. The number of piperidine rings is 1. The first kappa shape index (κ1) is 11.7. The van der Waals surface area contributed by atoms with Crippen LogP contribution in [0.15, 0.2) is 10.5 Å². The molecule has 0 amide bonds. The minimum Gasteiger partial charge on any atom is -0.465 e. The molecule has 3 nitrogen and oxygen atoms in total. The Morgan fingerprint density at radius 1 is 1.31 bits per heavy atom. The monoisotopic (exact) mass is 222 g/mol. The maximum Gasteiger partial charge on any atom is 0.118 e. The Morgan fingerprint density at radius 3 is 2.75 bits per heavy atom. The van der Waals surface area contributed by atoms with Crippen molar-refractivity contribution in [2.24, 2.45) is 0 Å². The van der Waals surface area contributed by atoms with Gasteiger partial charge in [-0.25, -0.2) is 0 Å². The van der Waals surface area contributed by atoms with E-state index >= 15 is 0 Å². The normalized spacial score (nSPS) is 17.9. The van der Waals surface area contributed by atoms with Crippen molar-refractivity contribution >= 4 is 0 Å². The highest BCUT2D eigenvalue weighted by Crippen LogP contribution is 2.19.